The molecule has 0 atom stereocenters. The molecule has 0 aliphatic carbocycles. The minimum absolute atomic E-state index is 0.00916. The Labute approximate surface area is 114 Å². The Kier molecular flexibility index (Phi) is 3.62. The summed E-state index contributed by atoms with van der Waals surface area (Å²) in [4.78, 5) is 9.97. The van der Waals surface area contributed by atoms with E-state index in [-0.39, 0.29) is 5.75 Å². The Balaban J connectivity index is 2.40. The SMILES string of the molecule is Cc1ccc(C#N)cc1Oc1cc(F)cc([N+](=O)[O-])c1. The molecule has 0 N–H and O–H groups in total. The van der Waals surface area contributed by atoms with E-state index in [4.69, 9.17) is 10.00 Å². The standard InChI is InChI=1S/C14H9FN2O3/c1-9-2-3-10(8-16)4-14(9)20-13-6-11(15)5-12(7-13)17(18)19/h2-7H,1H3. The van der Waals surface area contributed by atoms with Crippen LogP contribution in [-0.2, 0) is 0 Å². The van der Waals surface area contributed by atoms with Crippen LogP contribution in [0, 0.1) is 34.2 Å². The van der Waals surface area contributed by atoms with Crippen LogP contribution in [-0.4, -0.2) is 4.92 Å². The molecule has 100 valence electrons. The molecule has 0 heterocycles. The minimum atomic E-state index is -0.761. The summed E-state index contributed by atoms with van der Waals surface area (Å²) in [6, 6.07) is 9.74. The van der Waals surface area contributed by atoms with Crippen LogP contribution in [0.5, 0.6) is 11.5 Å². The monoisotopic (exact) mass is 272 g/mol. The number of nitro groups is 1. The van der Waals surface area contributed by atoms with Gasteiger partial charge in [-0.05, 0) is 24.6 Å². The second-order valence-electron chi connectivity index (χ2n) is 4.10. The lowest BCUT2D eigenvalue weighted by atomic mass is 10.1. The van der Waals surface area contributed by atoms with Crippen LogP contribution in [0.3, 0.4) is 0 Å². The van der Waals surface area contributed by atoms with Crippen molar-refractivity contribution in [3.8, 4) is 17.6 Å². The zero-order valence-electron chi connectivity index (χ0n) is 10.5. The normalized spacial score (nSPS) is 9.85. The third kappa shape index (κ3) is 2.90. The van der Waals surface area contributed by atoms with Crippen molar-refractivity contribution in [3.63, 3.8) is 0 Å². The molecule has 0 unspecified atom stereocenters. The Morgan fingerprint density at radius 2 is 2.05 bits per heavy atom. The summed E-state index contributed by atoms with van der Waals surface area (Å²) in [6.45, 7) is 1.75. The number of halogens is 1. The third-order valence-electron chi connectivity index (χ3n) is 2.61. The Bertz CT molecular complexity index is 723. The third-order valence-corrected chi connectivity index (χ3v) is 2.61. The van der Waals surface area contributed by atoms with Crippen molar-refractivity contribution in [1.29, 1.82) is 5.26 Å². The summed E-state index contributed by atoms with van der Waals surface area (Å²) in [6.07, 6.45) is 0. The van der Waals surface area contributed by atoms with Crippen LogP contribution in [0.2, 0.25) is 0 Å². The van der Waals surface area contributed by atoms with Gasteiger partial charge in [-0.15, -0.1) is 0 Å². The fourth-order valence-electron chi connectivity index (χ4n) is 1.62. The van der Waals surface area contributed by atoms with Gasteiger partial charge in [0.2, 0.25) is 0 Å². The molecule has 0 saturated heterocycles. The largest absolute Gasteiger partial charge is 0.457 e. The van der Waals surface area contributed by atoms with Gasteiger partial charge in [0.15, 0.2) is 0 Å². The predicted molar refractivity (Wildman–Crippen MR) is 69.0 cm³/mol. The van der Waals surface area contributed by atoms with Crippen molar-refractivity contribution in [3.05, 3.63) is 63.5 Å². The second-order valence-corrected chi connectivity index (χ2v) is 4.10. The highest BCUT2D eigenvalue weighted by Crippen LogP contribution is 2.29. The molecule has 0 radical (unpaired) electrons. The van der Waals surface area contributed by atoms with E-state index < -0.39 is 16.4 Å². The van der Waals surface area contributed by atoms with Crippen LogP contribution >= 0.6 is 0 Å². The van der Waals surface area contributed by atoms with Crippen molar-refractivity contribution in [2.45, 2.75) is 6.92 Å². The van der Waals surface area contributed by atoms with Crippen LogP contribution < -0.4 is 4.74 Å². The number of nitrogens with zero attached hydrogens (tertiary/aromatic N) is 2. The molecular weight excluding hydrogens is 263 g/mol. The van der Waals surface area contributed by atoms with E-state index in [1.165, 1.54) is 6.07 Å². The molecule has 0 bridgehead atoms. The molecule has 2 aromatic rings. The maximum absolute atomic E-state index is 13.3. The van der Waals surface area contributed by atoms with E-state index in [0.29, 0.717) is 11.3 Å². The number of rotatable bonds is 3. The summed E-state index contributed by atoms with van der Waals surface area (Å²) >= 11 is 0. The summed E-state index contributed by atoms with van der Waals surface area (Å²) in [5.41, 5.74) is 0.724. The molecule has 6 heteroatoms. The first-order chi connectivity index (χ1) is 9.49. The maximum Gasteiger partial charge on any atom is 0.276 e. The van der Waals surface area contributed by atoms with Crippen molar-refractivity contribution in [2.75, 3.05) is 0 Å². The smallest absolute Gasteiger partial charge is 0.276 e. The molecule has 0 aliphatic rings. The molecular formula is C14H9FN2O3. The van der Waals surface area contributed by atoms with Gasteiger partial charge in [0.1, 0.15) is 17.3 Å². The van der Waals surface area contributed by atoms with E-state index in [0.717, 1.165) is 23.8 Å². The molecule has 20 heavy (non-hydrogen) atoms. The Hall–Kier alpha value is -2.94. The molecule has 0 fully saturated rings. The van der Waals surface area contributed by atoms with Gasteiger partial charge in [-0.25, -0.2) is 4.39 Å². The molecule has 2 aromatic carbocycles. The topological polar surface area (TPSA) is 76.2 Å². The number of hydrogen-bond acceptors (Lipinski definition) is 4. The van der Waals surface area contributed by atoms with E-state index in [9.17, 15) is 14.5 Å². The number of nitriles is 1. The van der Waals surface area contributed by atoms with Gasteiger partial charge < -0.3 is 4.74 Å². The van der Waals surface area contributed by atoms with Gasteiger partial charge >= 0.3 is 0 Å². The first-order valence-corrected chi connectivity index (χ1v) is 5.63. The molecule has 0 aliphatic heterocycles. The van der Waals surface area contributed by atoms with Crippen molar-refractivity contribution in [2.24, 2.45) is 0 Å². The van der Waals surface area contributed by atoms with Crippen LogP contribution in [0.1, 0.15) is 11.1 Å². The fourth-order valence-corrected chi connectivity index (χ4v) is 1.62. The van der Waals surface area contributed by atoms with Gasteiger partial charge in [-0.2, -0.15) is 5.26 Å². The quantitative estimate of drug-likeness (QED) is 0.630. The average Bonchev–Trinajstić information content (AvgIpc) is 2.40. The van der Waals surface area contributed by atoms with E-state index in [2.05, 4.69) is 0 Å². The average molecular weight is 272 g/mol. The molecule has 0 saturated carbocycles. The van der Waals surface area contributed by atoms with Crippen molar-refractivity contribution < 1.29 is 14.1 Å². The van der Waals surface area contributed by atoms with Crippen molar-refractivity contribution >= 4 is 5.69 Å². The molecule has 2 rings (SSSR count). The van der Waals surface area contributed by atoms with Crippen molar-refractivity contribution in [1.82, 2.24) is 0 Å². The fraction of sp³-hybridized carbons (Fsp3) is 0.0714. The lowest BCUT2D eigenvalue weighted by Crippen LogP contribution is -1.93. The number of ether oxygens (including phenoxy) is 1. The molecule has 5 nitrogen and oxygen atoms in total. The van der Waals surface area contributed by atoms with Crippen LogP contribution in [0.25, 0.3) is 0 Å². The first-order valence-electron chi connectivity index (χ1n) is 5.63. The van der Waals surface area contributed by atoms with E-state index >= 15 is 0 Å². The highest BCUT2D eigenvalue weighted by Gasteiger charge is 2.12. The second kappa shape index (κ2) is 5.36. The summed E-state index contributed by atoms with van der Waals surface area (Å²) in [7, 11) is 0. The lowest BCUT2D eigenvalue weighted by molar-refractivity contribution is -0.385. The predicted octanol–water partition coefficient (Wildman–Crippen LogP) is 3.71. The van der Waals surface area contributed by atoms with Crippen LogP contribution in [0.4, 0.5) is 10.1 Å². The number of benzene rings is 2. The highest BCUT2D eigenvalue weighted by molar-refractivity contribution is 5.46. The lowest BCUT2D eigenvalue weighted by Gasteiger charge is -2.09. The molecule has 0 spiro atoms. The zero-order chi connectivity index (χ0) is 14.7. The van der Waals surface area contributed by atoms with E-state index in [1.54, 1.807) is 19.1 Å². The Morgan fingerprint density at radius 3 is 2.70 bits per heavy atom. The number of non-ortho nitro benzene ring substituents is 1. The van der Waals surface area contributed by atoms with Gasteiger partial charge in [0.25, 0.3) is 5.69 Å². The van der Waals surface area contributed by atoms with Gasteiger partial charge in [-0.3, -0.25) is 10.1 Å². The Morgan fingerprint density at radius 1 is 1.30 bits per heavy atom. The number of hydrogen-bond donors (Lipinski definition) is 0. The zero-order valence-corrected chi connectivity index (χ0v) is 10.5. The summed E-state index contributed by atoms with van der Waals surface area (Å²) < 4.78 is 18.7. The first kappa shape index (κ1) is 13.5. The minimum Gasteiger partial charge on any atom is -0.457 e. The van der Waals surface area contributed by atoms with Gasteiger partial charge in [0, 0.05) is 6.07 Å². The van der Waals surface area contributed by atoms with Crippen LogP contribution in [0.15, 0.2) is 36.4 Å². The number of aryl methyl sites for hydroxylation is 1. The molecule has 0 amide bonds. The highest BCUT2D eigenvalue weighted by atomic mass is 19.1. The van der Waals surface area contributed by atoms with Gasteiger partial charge in [-0.1, -0.05) is 6.07 Å². The van der Waals surface area contributed by atoms with Gasteiger partial charge in [0.05, 0.1) is 28.7 Å². The maximum atomic E-state index is 13.3. The summed E-state index contributed by atoms with van der Waals surface area (Å²) in [5.74, 6) is -0.401. The molecule has 0 aromatic heterocycles. The van der Waals surface area contributed by atoms with E-state index in [1.807, 2.05) is 6.07 Å². The summed E-state index contributed by atoms with van der Waals surface area (Å²) in [5, 5.41) is 19.5. The number of nitro benzene ring substituents is 1.